The molecule has 6 nitrogen and oxygen atoms in total. The second kappa shape index (κ2) is 9.41. The van der Waals surface area contributed by atoms with Crippen molar-refractivity contribution in [1.29, 1.82) is 0 Å². The summed E-state index contributed by atoms with van der Waals surface area (Å²) < 4.78 is 53.7. The summed E-state index contributed by atoms with van der Waals surface area (Å²) in [6, 6.07) is 3.02. The number of benzene rings is 1. The van der Waals surface area contributed by atoms with E-state index in [4.69, 9.17) is 4.74 Å². The highest BCUT2D eigenvalue weighted by Crippen LogP contribution is 2.17. The molecule has 0 aliphatic carbocycles. The van der Waals surface area contributed by atoms with E-state index in [1.54, 1.807) is 7.05 Å². The Balaban J connectivity index is 2.34. The van der Waals surface area contributed by atoms with Crippen LogP contribution in [0.2, 0.25) is 0 Å². The number of aliphatic imine (C=N–C) groups is 1. The molecule has 0 heterocycles. The van der Waals surface area contributed by atoms with Gasteiger partial charge < -0.3 is 15.4 Å². The average molecular weight is 363 g/mol. The van der Waals surface area contributed by atoms with Crippen molar-refractivity contribution in [3.63, 3.8) is 0 Å². The van der Waals surface area contributed by atoms with Crippen molar-refractivity contribution >= 4 is 15.8 Å². The van der Waals surface area contributed by atoms with Gasteiger partial charge in [-0.25, -0.2) is 17.2 Å². The van der Waals surface area contributed by atoms with Gasteiger partial charge in [0.05, 0.1) is 12.3 Å². The number of sulfone groups is 1. The van der Waals surface area contributed by atoms with Crippen molar-refractivity contribution < 1.29 is 21.9 Å². The smallest absolute Gasteiger partial charge is 0.191 e. The molecule has 1 atom stereocenters. The second-order valence-electron chi connectivity index (χ2n) is 5.39. The molecule has 1 rings (SSSR count). The Morgan fingerprint density at radius 3 is 2.67 bits per heavy atom. The minimum atomic E-state index is -3.00. The van der Waals surface area contributed by atoms with Crippen LogP contribution < -0.4 is 15.4 Å². The van der Waals surface area contributed by atoms with Crippen LogP contribution in [0.5, 0.6) is 5.75 Å². The van der Waals surface area contributed by atoms with E-state index >= 15 is 0 Å². The Labute approximate surface area is 141 Å². The zero-order valence-electron chi connectivity index (χ0n) is 14.0. The summed E-state index contributed by atoms with van der Waals surface area (Å²) in [4.78, 5) is 4.01. The third-order valence-corrected chi connectivity index (χ3v) is 4.05. The highest BCUT2D eigenvalue weighted by atomic mass is 32.2. The maximum absolute atomic E-state index is 13.4. The van der Waals surface area contributed by atoms with Crippen molar-refractivity contribution in [2.75, 3.05) is 32.2 Å². The SMILES string of the molecule is CN=C(NCCOc1ccc(F)cc1F)NC(C)CCS(C)(=O)=O. The number of nitrogens with zero attached hydrogens (tertiary/aromatic N) is 1. The van der Waals surface area contributed by atoms with Crippen LogP contribution in [0.4, 0.5) is 8.78 Å². The van der Waals surface area contributed by atoms with Crippen LogP contribution in [0.25, 0.3) is 0 Å². The standard InChI is InChI=1S/C15H23F2N3O3S/c1-11(6-9-24(3,21)22)20-15(18-2)19-7-8-23-14-5-4-12(16)10-13(14)17/h4-5,10-11H,6-9H2,1-3H3,(H2,18,19,20). The first-order valence-corrected chi connectivity index (χ1v) is 9.50. The molecule has 0 aliphatic rings. The third kappa shape index (κ3) is 8.09. The van der Waals surface area contributed by atoms with E-state index in [-0.39, 0.29) is 24.2 Å². The lowest BCUT2D eigenvalue weighted by atomic mass is 10.3. The molecule has 1 aromatic carbocycles. The van der Waals surface area contributed by atoms with Gasteiger partial charge in [-0.15, -0.1) is 0 Å². The Kier molecular flexibility index (Phi) is 7.90. The van der Waals surface area contributed by atoms with E-state index in [0.717, 1.165) is 12.1 Å². The fourth-order valence-electron chi connectivity index (χ4n) is 1.81. The Morgan fingerprint density at radius 2 is 2.08 bits per heavy atom. The lowest BCUT2D eigenvalue weighted by Crippen LogP contribution is -2.44. The van der Waals surface area contributed by atoms with Crippen LogP contribution in [0, 0.1) is 11.6 Å². The molecule has 2 N–H and O–H groups in total. The first-order valence-electron chi connectivity index (χ1n) is 7.44. The van der Waals surface area contributed by atoms with Gasteiger partial charge in [0.15, 0.2) is 17.5 Å². The molecular weight excluding hydrogens is 340 g/mol. The van der Waals surface area contributed by atoms with E-state index in [1.165, 1.54) is 12.3 Å². The number of guanidine groups is 1. The molecule has 0 radical (unpaired) electrons. The molecule has 0 aromatic heterocycles. The van der Waals surface area contributed by atoms with Crippen molar-refractivity contribution in [2.24, 2.45) is 4.99 Å². The summed E-state index contributed by atoms with van der Waals surface area (Å²) in [5.74, 6) is -0.870. The number of nitrogens with one attached hydrogen (secondary N) is 2. The molecule has 0 amide bonds. The highest BCUT2D eigenvalue weighted by molar-refractivity contribution is 7.90. The fourth-order valence-corrected chi connectivity index (χ4v) is 2.60. The van der Waals surface area contributed by atoms with Gasteiger partial charge in [-0.3, -0.25) is 4.99 Å². The topological polar surface area (TPSA) is 79.8 Å². The Morgan fingerprint density at radius 1 is 1.38 bits per heavy atom. The van der Waals surface area contributed by atoms with Gasteiger partial charge in [0.25, 0.3) is 0 Å². The van der Waals surface area contributed by atoms with Gasteiger partial charge in [-0.1, -0.05) is 0 Å². The first kappa shape index (κ1) is 20.1. The summed E-state index contributed by atoms with van der Waals surface area (Å²) in [6.45, 7) is 2.35. The second-order valence-corrected chi connectivity index (χ2v) is 7.65. The summed E-state index contributed by atoms with van der Waals surface area (Å²) in [5, 5.41) is 6.02. The van der Waals surface area contributed by atoms with Crippen molar-refractivity contribution in [3.05, 3.63) is 29.8 Å². The molecule has 24 heavy (non-hydrogen) atoms. The quantitative estimate of drug-likeness (QED) is 0.414. The number of ether oxygens (including phenoxy) is 1. The number of rotatable bonds is 8. The number of hydrogen-bond acceptors (Lipinski definition) is 4. The normalized spacial score (nSPS) is 13.5. The molecule has 0 spiro atoms. The minimum Gasteiger partial charge on any atom is -0.489 e. The maximum atomic E-state index is 13.4. The van der Waals surface area contributed by atoms with E-state index in [2.05, 4.69) is 15.6 Å². The van der Waals surface area contributed by atoms with Gasteiger partial charge in [0.2, 0.25) is 0 Å². The highest BCUT2D eigenvalue weighted by Gasteiger charge is 2.09. The van der Waals surface area contributed by atoms with Crippen molar-refractivity contribution in [3.8, 4) is 5.75 Å². The summed E-state index contributed by atoms with van der Waals surface area (Å²) >= 11 is 0. The zero-order chi connectivity index (χ0) is 18.2. The molecule has 1 unspecified atom stereocenters. The average Bonchev–Trinajstić information content (AvgIpc) is 2.49. The van der Waals surface area contributed by atoms with Crippen LogP contribution in [0.1, 0.15) is 13.3 Å². The van der Waals surface area contributed by atoms with E-state index in [1.807, 2.05) is 6.92 Å². The monoisotopic (exact) mass is 363 g/mol. The molecule has 0 aliphatic heterocycles. The summed E-state index contributed by atoms with van der Waals surface area (Å²) in [5.41, 5.74) is 0. The van der Waals surface area contributed by atoms with Crippen molar-refractivity contribution in [1.82, 2.24) is 10.6 Å². The summed E-state index contributed by atoms with van der Waals surface area (Å²) in [6.07, 6.45) is 1.65. The van der Waals surface area contributed by atoms with Gasteiger partial charge in [-0.05, 0) is 25.5 Å². The van der Waals surface area contributed by atoms with Crippen LogP contribution in [-0.4, -0.2) is 52.6 Å². The predicted octanol–water partition coefficient (Wildman–Crippen LogP) is 1.33. The zero-order valence-corrected chi connectivity index (χ0v) is 14.8. The van der Waals surface area contributed by atoms with E-state index < -0.39 is 21.5 Å². The minimum absolute atomic E-state index is 0.0253. The third-order valence-electron chi connectivity index (χ3n) is 3.07. The van der Waals surface area contributed by atoms with Gasteiger partial charge in [-0.2, -0.15) is 0 Å². The Bertz CT molecular complexity index is 666. The van der Waals surface area contributed by atoms with Crippen molar-refractivity contribution in [2.45, 2.75) is 19.4 Å². The largest absolute Gasteiger partial charge is 0.489 e. The lowest BCUT2D eigenvalue weighted by Gasteiger charge is -2.17. The van der Waals surface area contributed by atoms with E-state index in [0.29, 0.717) is 18.9 Å². The number of halogens is 2. The number of hydrogen-bond donors (Lipinski definition) is 2. The molecule has 0 bridgehead atoms. The predicted molar refractivity (Wildman–Crippen MR) is 90.1 cm³/mol. The molecule has 0 saturated carbocycles. The van der Waals surface area contributed by atoms with Gasteiger partial charge in [0.1, 0.15) is 22.3 Å². The molecular formula is C15H23F2N3O3S. The molecule has 136 valence electrons. The summed E-state index contributed by atoms with van der Waals surface area (Å²) in [7, 11) is -1.42. The fraction of sp³-hybridized carbons (Fsp3) is 0.533. The molecule has 0 fully saturated rings. The van der Waals surface area contributed by atoms with Crippen LogP contribution in [0.15, 0.2) is 23.2 Å². The maximum Gasteiger partial charge on any atom is 0.191 e. The van der Waals surface area contributed by atoms with Crippen LogP contribution >= 0.6 is 0 Å². The first-order chi connectivity index (χ1) is 11.2. The molecule has 1 aromatic rings. The van der Waals surface area contributed by atoms with Crippen LogP contribution in [0.3, 0.4) is 0 Å². The van der Waals surface area contributed by atoms with E-state index in [9.17, 15) is 17.2 Å². The van der Waals surface area contributed by atoms with Gasteiger partial charge in [0, 0.05) is 25.4 Å². The van der Waals surface area contributed by atoms with Crippen LogP contribution in [-0.2, 0) is 9.84 Å². The van der Waals surface area contributed by atoms with Gasteiger partial charge >= 0.3 is 0 Å². The molecule has 9 heteroatoms. The molecule has 0 saturated heterocycles. The lowest BCUT2D eigenvalue weighted by molar-refractivity contribution is 0.304. The Hall–Kier alpha value is -1.90.